The lowest BCUT2D eigenvalue weighted by molar-refractivity contribution is 0.425. The molecule has 0 aromatic heterocycles. The van der Waals surface area contributed by atoms with Crippen LogP contribution in [0.15, 0.2) is 114 Å². The number of hydrogen-bond acceptors (Lipinski definition) is 3. The zero-order valence-corrected chi connectivity index (χ0v) is 21.0. The van der Waals surface area contributed by atoms with Gasteiger partial charge >= 0.3 is 0 Å². The Morgan fingerprint density at radius 2 is 1.53 bits per heavy atom. The summed E-state index contributed by atoms with van der Waals surface area (Å²) in [5.41, 5.74) is 5.66. The summed E-state index contributed by atoms with van der Waals surface area (Å²) in [4.78, 5) is 0.255. The average Bonchev–Trinajstić information content (AvgIpc) is 3.40. The van der Waals surface area contributed by atoms with Crippen molar-refractivity contribution in [2.45, 2.75) is 23.3 Å². The predicted molar refractivity (Wildman–Crippen MR) is 147 cm³/mol. The van der Waals surface area contributed by atoms with Gasteiger partial charge in [0.05, 0.1) is 10.9 Å². The topological polar surface area (TPSA) is 58.2 Å². The van der Waals surface area contributed by atoms with E-state index in [1.165, 1.54) is 0 Å². The van der Waals surface area contributed by atoms with Gasteiger partial charge in [-0.15, -0.1) is 0 Å². The molecule has 0 saturated heterocycles. The molecule has 2 N–H and O–H groups in total. The van der Waals surface area contributed by atoms with E-state index in [-0.39, 0.29) is 22.8 Å². The number of halogens is 1. The van der Waals surface area contributed by atoms with Crippen LogP contribution >= 0.6 is 11.6 Å². The third kappa shape index (κ3) is 4.19. The Hall–Kier alpha value is -3.54. The van der Waals surface area contributed by atoms with Crippen LogP contribution in [0.3, 0.4) is 0 Å². The SMILES string of the molecule is O=S(=O)(Nc1ccc(-c2ccccc2)cc1)c1ccc2c(c1)[C@H]1C=CC[C@H]1[C@@H](c1ccccc1Cl)N2. The largest absolute Gasteiger partial charge is 0.378 e. The van der Waals surface area contributed by atoms with Gasteiger partial charge in [0.25, 0.3) is 10.0 Å². The highest BCUT2D eigenvalue weighted by atomic mass is 35.5. The fraction of sp³-hybridized carbons (Fsp3) is 0.133. The molecule has 0 saturated carbocycles. The van der Waals surface area contributed by atoms with E-state index in [9.17, 15) is 8.42 Å². The van der Waals surface area contributed by atoms with Crippen LogP contribution < -0.4 is 10.0 Å². The molecule has 2 aliphatic rings. The van der Waals surface area contributed by atoms with E-state index in [0.29, 0.717) is 5.69 Å². The minimum atomic E-state index is -3.75. The molecule has 4 aromatic carbocycles. The van der Waals surface area contributed by atoms with E-state index < -0.39 is 10.0 Å². The minimum absolute atomic E-state index is 0.0647. The average molecular weight is 513 g/mol. The zero-order chi connectivity index (χ0) is 24.7. The van der Waals surface area contributed by atoms with Gasteiger partial charge < -0.3 is 5.32 Å². The van der Waals surface area contributed by atoms with Gasteiger partial charge in [0.2, 0.25) is 0 Å². The van der Waals surface area contributed by atoms with Gasteiger partial charge in [-0.2, -0.15) is 0 Å². The first-order chi connectivity index (χ1) is 17.5. The number of hydrogen-bond donors (Lipinski definition) is 2. The van der Waals surface area contributed by atoms with Crippen molar-refractivity contribution in [3.63, 3.8) is 0 Å². The third-order valence-corrected chi connectivity index (χ3v) is 8.85. The van der Waals surface area contributed by atoms with Gasteiger partial charge in [0.15, 0.2) is 0 Å². The molecule has 0 unspecified atom stereocenters. The van der Waals surface area contributed by atoms with Crippen molar-refractivity contribution in [3.05, 3.63) is 125 Å². The molecule has 36 heavy (non-hydrogen) atoms. The molecule has 3 atom stereocenters. The third-order valence-electron chi connectivity index (χ3n) is 7.13. The zero-order valence-electron chi connectivity index (χ0n) is 19.4. The van der Waals surface area contributed by atoms with Crippen LogP contribution in [0.2, 0.25) is 5.02 Å². The summed E-state index contributed by atoms with van der Waals surface area (Å²) in [6.45, 7) is 0. The van der Waals surface area contributed by atoms with Crippen LogP contribution in [0.25, 0.3) is 11.1 Å². The van der Waals surface area contributed by atoms with Crippen LogP contribution in [-0.4, -0.2) is 8.42 Å². The molecule has 4 aromatic rings. The molecule has 1 aliphatic heterocycles. The Labute approximate surface area is 216 Å². The van der Waals surface area contributed by atoms with Crippen molar-refractivity contribution in [3.8, 4) is 11.1 Å². The monoisotopic (exact) mass is 512 g/mol. The van der Waals surface area contributed by atoms with Crippen LogP contribution in [0.5, 0.6) is 0 Å². The highest BCUT2D eigenvalue weighted by Gasteiger charge is 2.39. The predicted octanol–water partition coefficient (Wildman–Crippen LogP) is 7.63. The first-order valence-corrected chi connectivity index (χ1v) is 13.9. The van der Waals surface area contributed by atoms with Crippen molar-refractivity contribution in [2.75, 3.05) is 10.0 Å². The maximum atomic E-state index is 13.3. The lowest BCUT2D eigenvalue weighted by atomic mass is 9.77. The molecule has 0 amide bonds. The highest BCUT2D eigenvalue weighted by molar-refractivity contribution is 7.92. The van der Waals surface area contributed by atoms with E-state index in [2.05, 4.69) is 28.3 Å². The van der Waals surface area contributed by atoms with Gasteiger partial charge in [0.1, 0.15) is 0 Å². The first-order valence-electron chi connectivity index (χ1n) is 12.0. The van der Waals surface area contributed by atoms with Crippen molar-refractivity contribution in [1.29, 1.82) is 0 Å². The van der Waals surface area contributed by atoms with Crippen molar-refractivity contribution in [2.24, 2.45) is 5.92 Å². The molecule has 6 rings (SSSR count). The van der Waals surface area contributed by atoms with E-state index >= 15 is 0 Å². The maximum absolute atomic E-state index is 13.3. The van der Waals surface area contributed by atoms with Crippen LogP contribution in [0, 0.1) is 5.92 Å². The van der Waals surface area contributed by atoms with Gasteiger partial charge in [-0.05, 0) is 71.0 Å². The molecule has 0 bridgehead atoms. The molecule has 1 aliphatic carbocycles. The lowest BCUT2D eigenvalue weighted by Crippen LogP contribution is -2.29. The standard InChI is InChI=1S/C30H25ClN2O2S/c31-28-12-5-4-9-26(28)30-25-11-6-10-24(25)27-19-23(17-18-29(27)32-30)36(34,35)33-22-15-13-21(14-16-22)20-7-2-1-3-8-20/h1-10,12-19,24-25,30,32-33H,11H2/t24-,25+,30-/m0/s1. The lowest BCUT2D eigenvalue weighted by Gasteiger charge is -2.38. The molecule has 1 heterocycles. The minimum Gasteiger partial charge on any atom is -0.378 e. The second-order valence-electron chi connectivity index (χ2n) is 9.29. The second-order valence-corrected chi connectivity index (χ2v) is 11.4. The fourth-order valence-corrected chi connectivity index (χ4v) is 6.70. The smallest absolute Gasteiger partial charge is 0.261 e. The number of nitrogens with one attached hydrogen (secondary N) is 2. The van der Waals surface area contributed by atoms with E-state index in [1.54, 1.807) is 24.3 Å². The molecule has 0 spiro atoms. The molecule has 4 nitrogen and oxygen atoms in total. The Kier molecular flexibility index (Phi) is 5.82. The molecule has 0 radical (unpaired) electrons. The van der Waals surface area contributed by atoms with Crippen LogP contribution in [0.4, 0.5) is 11.4 Å². The van der Waals surface area contributed by atoms with Crippen molar-refractivity contribution in [1.82, 2.24) is 0 Å². The van der Waals surface area contributed by atoms with Crippen LogP contribution in [-0.2, 0) is 10.0 Å². The van der Waals surface area contributed by atoms with Gasteiger partial charge in [-0.1, -0.05) is 84.4 Å². The van der Waals surface area contributed by atoms with Gasteiger partial charge in [0, 0.05) is 22.3 Å². The summed E-state index contributed by atoms with van der Waals surface area (Å²) in [7, 11) is -3.75. The number of anilines is 2. The summed E-state index contributed by atoms with van der Waals surface area (Å²) < 4.78 is 29.3. The summed E-state index contributed by atoms with van der Waals surface area (Å²) in [5.74, 6) is 0.400. The molecule has 0 fully saturated rings. The summed E-state index contributed by atoms with van der Waals surface area (Å²) in [6.07, 6.45) is 5.29. The number of sulfonamides is 1. The summed E-state index contributed by atoms with van der Waals surface area (Å²) in [5, 5.41) is 4.38. The van der Waals surface area contributed by atoms with Gasteiger partial charge in [-0.3, -0.25) is 4.72 Å². The van der Waals surface area contributed by atoms with Crippen molar-refractivity contribution >= 4 is 33.0 Å². The maximum Gasteiger partial charge on any atom is 0.261 e. The molecule has 6 heteroatoms. The number of allylic oxidation sites excluding steroid dienone is 2. The number of rotatable bonds is 5. The van der Waals surface area contributed by atoms with Crippen LogP contribution in [0.1, 0.15) is 29.5 Å². The summed E-state index contributed by atoms with van der Waals surface area (Å²) >= 11 is 6.53. The second kappa shape index (κ2) is 9.16. The van der Waals surface area contributed by atoms with Gasteiger partial charge in [-0.25, -0.2) is 8.42 Å². The molecule has 180 valence electrons. The summed E-state index contributed by atoms with van der Waals surface area (Å²) in [6, 6.07) is 30.8. The van der Waals surface area contributed by atoms with E-state index in [0.717, 1.165) is 39.4 Å². The van der Waals surface area contributed by atoms with E-state index in [4.69, 9.17) is 11.6 Å². The van der Waals surface area contributed by atoms with E-state index in [1.807, 2.05) is 66.7 Å². The normalized spacial score (nSPS) is 20.3. The Morgan fingerprint density at radius 3 is 2.31 bits per heavy atom. The Bertz CT molecular complexity index is 1550. The number of benzene rings is 4. The van der Waals surface area contributed by atoms with Crippen molar-refractivity contribution < 1.29 is 8.42 Å². The highest BCUT2D eigenvalue weighted by Crippen LogP contribution is 2.51. The molecular weight excluding hydrogens is 488 g/mol. The first kappa shape index (κ1) is 22.9. The number of fused-ring (bicyclic) bond motifs is 3. The Balaban J connectivity index is 1.28. The molecular formula is C30H25ClN2O2S. The Morgan fingerprint density at radius 1 is 0.806 bits per heavy atom. The fourth-order valence-electron chi connectivity index (χ4n) is 5.35. The quantitative estimate of drug-likeness (QED) is 0.270.